The Labute approximate surface area is 97.8 Å². The zero-order valence-corrected chi connectivity index (χ0v) is 10.4. The normalized spacial score (nSPS) is 44.8. The molecule has 0 aromatic heterocycles. The lowest BCUT2D eigenvalue weighted by atomic mass is 9.95. The van der Waals surface area contributed by atoms with E-state index in [1.807, 2.05) is 0 Å². The van der Waals surface area contributed by atoms with Gasteiger partial charge in [-0.2, -0.15) is 11.8 Å². The first-order valence-corrected chi connectivity index (χ1v) is 7.81. The van der Waals surface area contributed by atoms with Crippen LogP contribution in [0.2, 0.25) is 0 Å². The highest BCUT2D eigenvalue weighted by atomic mass is 32.2. The molecule has 0 radical (unpaired) electrons. The summed E-state index contributed by atoms with van der Waals surface area (Å²) in [6.45, 7) is 1.29. The molecule has 15 heavy (non-hydrogen) atoms. The van der Waals surface area contributed by atoms with Gasteiger partial charge in [-0.3, -0.25) is 0 Å². The van der Waals surface area contributed by atoms with E-state index < -0.39 is 0 Å². The summed E-state index contributed by atoms with van der Waals surface area (Å²) in [4.78, 5) is 0. The summed E-state index contributed by atoms with van der Waals surface area (Å²) >= 11 is 2.20. The van der Waals surface area contributed by atoms with E-state index in [1.165, 1.54) is 57.2 Å². The van der Waals surface area contributed by atoms with Crippen molar-refractivity contribution in [1.82, 2.24) is 5.32 Å². The van der Waals surface area contributed by atoms with Gasteiger partial charge >= 0.3 is 0 Å². The zero-order valence-electron chi connectivity index (χ0n) is 9.58. The molecule has 86 valence electrons. The molecular formula is C13H23NS. The highest BCUT2D eigenvalue weighted by Gasteiger charge is 2.39. The fourth-order valence-corrected chi connectivity index (χ4v) is 5.00. The lowest BCUT2D eigenvalue weighted by Gasteiger charge is -2.27. The first-order chi connectivity index (χ1) is 7.42. The van der Waals surface area contributed by atoms with Gasteiger partial charge < -0.3 is 5.32 Å². The van der Waals surface area contributed by atoms with Gasteiger partial charge in [-0.15, -0.1) is 0 Å². The summed E-state index contributed by atoms with van der Waals surface area (Å²) in [5, 5.41) is 4.79. The van der Waals surface area contributed by atoms with Crippen molar-refractivity contribution in [1.29, 1.82) is 0 Å². The maximum absolute atomic E-state index is 3.86. The Morgan fingerprint density at radius 3 is 2.73 bits per heavy atom. The SMILES string of the molecule is C1CCC(CNC2CC3CCC2C3)SC1. The third-order valence-corrected chi connectivity index (χ3v) is 6.02. The lowest BCUT2D eigenvalue weighted by molar-refractivity contribution is 0.350. The molecule has 1 nitrogen and oxygen atoms in total. The van der Waals surface area contributed by atoms with Crippen LogP contribution in [-0.4, -0.2) is 23.6 Å². The molecule has 1 saturated heterocycles. The number of fused-ring (bicyclic) bond motifs is 2. The van der Waals surface area contributed by atoms with Gasteiger partial charge in [-0.05, 0) is 49.7 Å². The first-order valence-electron chi connectivity index (χ1n) is 6.77. The number of hydrogen-bond acceptors (Lipinski definition) is 2. The smallest absolute Gasteiger partial charge is 0.0172 e. The first kappa shape index (κ1) is 10.5. The van der Waals surface area contributed by atoms with Crippen molar-refractivity contribution in [2.75, 3.05) is 12.3 Å². The van der Waals surface area contributed by atoms with Crippen LogP contribution in [0.3, 0.4) is 0 Å². The van der Waals surface area contributed by atoms with E-state index in [0.717, 1.165) is 23.1 Å². The number of thioether (sulfide) groups is 1. The van der Waals surface area contributed by atoms with E-state index in [4.69, 9.17) is 0 Å². The molecule has 4 atom stereocenters. The topological polar surface area (TPSA) is 12.0 Å². The van der Waals surface area contributed by atoms with E-state index >= 15 is 0 Å². The highest BCUT2D eigenvalue weighted by Crippen LogP contribution is 2.44. The van der Waals surface area contributed by atoms with Gasteiger partial charge in [0.15, 0.2) is 0 Å². The fraction of sp³-hybridized carbons (Fsp3) is 1.00. The fourth-order valence-electron chi connectivity index (χ4n) is 3.75. The molecule has 2 aliphatic carbocycles. The quantitative estimate of drug-likeness (QED) is 0.792. The largest absolute Gasteiger partial charge is 0.313 e. The standard InChI is InChI=1S/C13H23NS/c1-2-6-15-12(3-1)9-14-13-8-10-4-5-11(13)7-10/h10-14H,1-9H2. The van der Waals surface area contributed by atoms with Crippen molar-refractivity contribution in [3.05, 3.63) is 0 Å². The minimum Gasteiger partial charge on any atom is -0.313 e. The maximum Gasteiger partial charge on any atom is 0.0172 e. The second-order valence-electron chi connectivity index (χ2n) is 5.68. The third kappa shape index (κ3) is 2.36. The second-order valence-corrected chi connectivity index (χ2v) is 7.09. The van der Waals surface area contributed by atoms with Crippen LogP contribution in [0.4, 0.5) is 0 Å². The maximum atomic E-state index is 3.86. The van der Waals surface area contributed by atoms with Crippen LogP contribution >= 0.6 is 11.8 Å². The molecule has 0 amide bonds. The van der Waals surface area contributed by atoms with Gasteiger partial charge in [0.05, 0.1) is 0 Å². The monoisotopic (exact) mass is 225 g/mol. The average Bonchev–Trinajstić information content (AvgIpc) is 2.89. The highest BCUT2D eigenvalue weighted by molar-refractivity contribution is 7.99. The lowest BCUT2D eigenvalue weighted by Crippen LogP contribution is -2.38. The molecule has 4 unspecified atom stereocenters. The Hall–Kier alpha value is 0.310. The molecule has 3 fully saturated rings. The van der Waals surface area contributed by atoms with Crippen LogP contribution in [0, 0.1) is 11.8 Å². The summed E-state index contributed by atoms with van der Waals surface area (Å²) in [5.74, 6) is 3.54. The molecule has 2 saturated carbocycles. The Kier molecular flexibility index (Phi) is 3.25. The van der Waals surface area contributed by atoms with Gasteiger partial charge in [-0.25, -0.2) is 0 Å². The molecule has 1 heterocycles. The summed E-state index contributed by atoms with van der Waals surface area (Å²) in [5.41, 5.74) is 0. The van der Waals surface area contributed by atoms with Gasteiger partial charge in [0, 0.05) is 17.8 Å². The van der Waals surface area contributed by atoms with E-state index in [0.29, 0.717) is 0 Å². The van der Waals surface area contributed by atoms with Gasteiger partial charge in [0.1, 0.15) is 0 Å². The van der Waals surface area contributed by atoms with Crippen molar-refractivity contribution in [3.8, 4) is 0 Å². The molecule has 1 aliphatic heterocycles. The van der Waals surface area contributed by atoms with Crippen molar-refractivity contribution < 1.29 is 0 Å². The van der Waals surface area contributed by atoms with Crippen LogP contribution in [0.1, 0.15) is 44.9 Å². The molecule has 3 rings (SSSR count). The van der Waals surface area contributed by atoms with Crippen molar-refractivity contribution in [3.63, 3.8) is 0 Å². The summed E-state index contributed by atoms with van der Waals surface area (Å²) in [6, 6.07) is 0.895. The second kappa shape index (κ2) is 4.67. The predicted octanol–water partition coefficient (Wildman–Crippen LogP) is 3.05. The molecule has 1 N–H and O–H groups in total. The van der Waals surface area contributed by atoms with Crippen LogP contribution < -0.4 is 5.32 Å². The Morgan fingerprint density at radius 1 is 1.07 bits per heavy atom. The van der Waals surface area contributed by atoms with E-state index in [9.17, 15) is 0 Å². The zero-order chi connectivity index (χ0) is 10.1. The summed E-state index contributed by atoms with van der Waals surface area (Å²) in [6.07, 6.45) is 10.4. The van der Waals surface area contributed by atoms with E-state index in [2.05, 4.69) is 17.1 Å². The minimum atomic E-state index is 0.895. The van der Waals surface area contributed by atoms with E-state index in [-0.39, 0.29) is 0 Å². The summed E-state index contributed by atoms with van der Waals surface area (Å²) < 4.78 is 0. The van der Waals surface area contributed by atoms with Crippen LogP contribution in [0.25, 0.3) is 0 Å². The molecule has 0 aromatic carbocycles. The molecular weight excluding hydrogens is 202 g/mol. The van der Waals surface area contributed by atoms with Gasteiger partial charge in [0.25, 0.3) is 0 Å². The molecule has 0 spiro atoms. The molecule has 3 aliphatic rings. The van der Waals surface area contributed by atoms with Crippen LogP contribution in [0.15, 0.2) is 0 Å². The number of hydrogen-bond donors (Lipinski definition) is 1. The predicted molar refractivity (Wildman–Crippen MR) is 67.3 cm³/mol. The summed E-state index contributed by atoms with van der Waals surface area (Å²) in [7, 11) is 0. The minimum absolute atomic E-state index is 0.895. The van der Waals surface area contributed by atoms with Crippen LogP contribution in [-0.2, 0) is 0 Å². The van der Waals surface area contributed by atoms with E-state index in [1.54, 1.807) is 0 Å². The van der Waals surface area contributed by atoms with Crippen LogP contribution in [0.5, 0.6) is 0 Å². The third-order valence-electron chi connectivity index (χ3n) is 4.62. The number of rotatable bonds is 3. The molecule has 0 aromatic rings. The van der Waals surface area contributed by atoms with Gasteiger partial charge in [0.2, 0.25) is 0 Å². The van der Waals surface area contributed by atoms with Crippen molar-refractivity contribution in [2.45, 2.75) is 56.2 Å². The Balaban J connectivity index is 1.42. The average molecular weight is 225 g/mol. The number of nitrogens with one attached hydrogen (secondary N) is 1. The Morgan fingerprint density at radius 2 is 2.07 bits per heavy atom. The van der Waals surface area contributed by atoms with Crippen molar-refractivity contribution in [2.24, 2.45) is 11.8 Å². The van der Waals surface area contributed by atoms with Crippen molar-refractivity contribution >= 4 is 11.8 Å². The Bertz CT molecular complexity index is 213. The van der Waals surface area contributed by atoms with Gasteiger partial charge in [-0.1, -0.05) is 12.8 Å². The molecule has 2 bridgehead atoms. The molecule has 2 heteroatoms.